The minimum Gasteiger partial charge on any atom is -0.300 e. The van der Waals surface area contributed by atoms with E-state index in [1.165, 1.54) is 13.8 Å². The van der Waals surface area contributed by atoms with Crippen molar-refractivity contribution in [3.8, 4) is 0 Å². The van der Waals surface area contributed by atoms with Crippen molar-refractivity contribution in [2.45, 2.75) is 25.0 Å². The van der Waals surface area contributed by atoms with Crippen LogP contribution < -0.4 is 0 Å². The van der Waals surface area contributed by atoms with E-state index in [1.807, 2.05) is 0 Å². The van der Waals surface area contributed by atoms with Crippen LogP contribution >= 0.6 is 24.2 Å². The standard InChI is InChI=1S/C6H9ClO2S/c1-4(8)3-6(2,10)5(7)9/h10H,3H2,1-2H3. The second-order valence-corrected chi connectivity index (χ2v) is 3.76. The average molecular weight is 181 g/mol. The van der Waals surface area contributed by atoms with Gasteiger partial charge in [-0.3, -0.25) is 9.59 Å². The highest BCUT2D eigenvalue weighted by Gasteiger charge is 2.28. The fourth-order valence-corrected chi connectivity index (χ4v) is 0.844. The fourth-order valence-electron chi connectivity index (χ4n) is 0.554. The van der Waals surface area contributed by atoms with Gasteiger partial charge in [0, 0.05) is 6.42 Å². The number of thiol groups is 1. The second-order valence-electron chi connectivity index (χ2n) is 2.43. The molecule has 0 aromatic heterocycles. The molecule has 2 nitrogen and oxygen atoms in total. The zero-order valence-corrected chi connectivity index (χ0v) is 7.50. The molecule has 0 heterocycles. The lowest BCUT2D eigenvalue weighted by Crippen LogP contribution is -2.27. The number of hydrogen-bond acceptors (Lipinski definition) is 3. The lowest BCUT2D eigenvalue weighted by Gasteiger charge is -2.15. The quantitative estimate of drug-likeness (QED) is 0.527. The Bertz CT molecular complexity index is 165. The Balaban J connectivity index is 4.13. The number of halogens is 1. The van der Waals surface area contributed by atoms with Gasteiger partial charge in [-0.25, -0.2) is 0 Å². The Morgan fingerprint density at radius 2 is 2.00 bits per heavy atom. The third-order valence-corrected chi connectivity index (χ3v) is 1.93. The molecule has 0 rings (SSSR count). The average Bonchev–Trinajstić information content (AvgIpc) is 1.60. The number of carbonyl (C=O) groups excluding carboxylic acids is 2. The molecule has 0 saturated carbocycles. The molecule has 0 radical (unpaired) electrons. The van der Waals surface area contributed by atoms with Crippen molar-refractivity contribution in [3.63, 3.8) is 0 Å². The van der Waals surface area contributed by atoms with Crippen LogP contribution in [0.1, 0.15) is 20.3 Å². The summed E-state index contributed by atoms with van der Waals surface area (Å²) in [6, 6.07) is 0. The van der Waals surface area contributed by atoms with Gasteiger partial charge in [0.1, 0.15) is 5.78 Å². The van der Waals surface area contributed by atoms with Crippen LogP contribution in [0.25, 0.3) is 0 Å². The van der Waals surface area contributed by atoms with Crippen LogP contribution in [0.4, 0.5) is 0 Å². The first-order valence-corrected chi connectivity index (χ1v) is 3.60. The third-order valence-electron chi connectivity index (χ3n) is 1.02. The lowest BCUT2D eigenvalue weighted by molar-refractivity contribution is -0.121. The number of rotatable bonds is 3. The van der Waals surface area contributed by atoms with Crippen molar-refractivity contribution in [2.24, 2.45) is 0 Å². The molecule has 10 heavy (non-hydrogen) atoms. The Morgan fingerprint density at radius 3 is 2.10 bits per heavy atom. The summed E-state index contributed by atoms with van der Waals surface area (Å²) in [6.45, 7) is 2.92. The molecule has 0 aliphatic heterocycles. The first-order chi connectivity index (χ1) is 4.36. The highest BCUT2D eigenvalue weighted by molar-refractivity contribution is 7.83. The summed E-state index contributed by atoms with van der Waals surface area (Å²) in [5.41, 5.74) is 0. The molecule has 0 bridgehead atoms. The zero-order chi connectivity index (χ0) is 8.36. The van der Waals surface area contributed by atoms with E-state index in [4.69, 9.17) is 11.6 Å². The van der Waals surface area contributed by atoms with Crippen LogP contribution in [-0.2, 0) is 9.59 Å². The number of Topliss-reactive ketones (excluding diaryl/α,β-unsaturated/α-hetero) is 1. The largest absolute Gasteiger partial charge is 0.300 e. The van der Waals surface area contributed by atoms with E-state index in [0.717, 1.165) is 0 Å². The normalized spacial score (nSPS) is 16.0. The van der Waals surface area contributed by atoms with Crippen LogP contribution in [0.5, 0.6) is 0 Å². The first-order valence-electron chi connectivity index (χ1n) is 2.78. The zero-order valence-electron chi connectivity index (χ0n) is 5.85. The SMILES string of the molecule is CC(=O)CC(C)(S)C(=O)Cl. The van der Waals surface area contributed by atoms with Gasteiger partial charge in [-0.05, 0) is 25.4 Å². The molecule has 4 heteroatoms. The van der Waals surface area contributed by atoms with E-state index in [0.29, 0.717) is 0 Å². The molecule has 0 N–H and O–H groups in total. The molecule has 0 fully saturated rings. The molecule has 0 spiro atoms. The Morgan fingerprint density at radius 1 is 1.60 bits per heavy atom. The third kappa shape index (κ3) is 3.22. The van der Waals surface area contributed by atoms with Crippen molar-refractivity contribution < 1.29 is 9.59 Å². The van der Waals surface area contributed by atoms with Gasteiger partial charge in [0.15, 0.2) is 0 Å². The Labute approximate surface area is 70.3 Å². The molecule has 0 saturated heterocycles. The van der Waals surface area contributed by atoms with Crippen LogP contribution in [0.3, 0.4) is 0 Å². The molecular formula is C6H9ClO2S. The van der Waals surface area contributed by atoms with Crippen molar-refractivity contribution >= 4 is 35.3 Å². The van der Waals surface area contributed by atoms with Gasteiger partial charge in [-0.15, -0.1) is 0 Å². The Kier molecular flexibility index (Phi) is 3.39. The summed E-state index contributed by atoms with van der Waals surface area (Å²) in [6.07, 6.45) is 0.0818. The van der Waals surface area contributed by atoms with Crippen LogP contribution in [0, 0.1) is 0 Å². The van der Waals surface area contributed by atoms with Crippen molar-refractivity contribution in [2.75, 3.05) is 0 Å². The van der Waals surface area contributed by atoms with Crippen molar-refractivity contribution in [1.82, 2.24) is 0 Å². The van der Waals surface area contributed by atoms with Gasteiger partial charge in [-0.1, -0.05) is 0 Å². The van der Waals surface area contributed by atoms with Crippen LogP contribution in [0.2, 0.25) is 0 Å². The predicted molar refractivity (Wildman–Crippen MR) is 43.5 cm³/mol. The molecule has 1 unspecified atom stereocenters. The van der Waals surface area contributed by atoms with Crippen LogP contribution in [0.15, 0.2) is 0 Å². The number of carbonyl (C=O) groups is 2. The van der Waals surface area contributed by atoms with Crippen molar-refractivity contribution in [1.29, 1.82) is 0 Å². The number of ketones is 1. The smallest absolute Gasteiger partial charge is 0.237 e. The van der Waals surface area contributed by atoms with Crippen molar-refractivity contribution in [3.05, 3.63) is 0 Å². The summed E-state index contributed by atoms with van der Waals surface area (Å²) in [5, 5.41) is -0.592. The minimum absolute atomic E-state index is 0.0818. The van der Waals surface area contributed by atoms with E-state index in [-0.39, 0.29) is 12.2 Å². The Hall–Kier alpha value is -0.0200. The first kappa shape index (κ1) is 9.98. The van der Waals surface area contributed by atoms with Crippen LogP contribution in [-0.4, -0.2) is 15.8 Å². The molecule has 0 aromatic carbocycles. The summed E-state index contributed by atoms with van der Waals surface area (Å²) in [7, 11) is 0. The molecule has 0 aliphatic carbocycles. The molecule has 0 aliphatic rings. The maximum absolute atomic E-state index is 10.5. The minimum atomic E-state index is -1.01. The molecule has 58 valence electrons. The number of hydrogen-bond donors (Lipinski definition) is 1. The van der Waals surface area contributed by atoms with Gasteiger partial charge in [0.05, 0.1) is 4.75 Å². The van der Waals surface area contributed by atoms with E-state index < -0.39 is 9.99 Å². The predicted octanol–water partition coefficient (Wildman–Crippen LogP) is 1.42. The summed E-state index contributed by atoms with van der Waals surface area (Å²) < 4.78 is -1.01. The van der Waals surface area contributed by atoms with Gasteiger partial charge in [0.2, 0.25) is 5.24 Å². The van der Waals surface area contributed by atoms with Gasteiger partial charge in [0.25, 0.3) is 0 Å². The highest BCUT2D eigenvalue weighted by Crippen LogP contribution is 2.21. The molecule has 0 aromatic rings. The summed E-state index contributed by atoms with van der Waals surface area (Å²) >= 11 is 9.06. The highest BCUT2D eigenvalue weighted by atomic mass is 35.5. The maximum atomic E-state index is 10.5. The maximum Gasteiger partial charge on any atom is 0.237 e. The fraction of sp³-hybridized carbons (Fsp3) is 0.667. The molecular weight excluding hydrogens is 172 g/mol. The van der Waals surface area contributed by atoms with E-state index >= 15 is 0 Å². The van der Waals surface area contributed by atoms with Gasteiger partial charge < -0.3 is 0 Å². The molecule has 0 amide bonds. The van der Waals surface area contributed by atoms with Gasteiger partial charge in [-0.2, -0.15) is 12.6 Å². The van der Waals surface area contributed by atoms with Gasteiger partial charge >= 0.3 is 0 Å². The lowest BCUT2D eigenvalue weighted by atomic mass is 10.1. The monoisotopic (exact) mass is 180 g/mol. The van der Waals surface area contributed by atoms with E-state index in [2.05, 4.69) is 12.6 Å². The summed E-state index contributed by atoms with van der Waals surface area (Å²) in [4.78, 5) is 21.0. The summed E-state index contributed by atoms with van der Waals surface area (Å²) in [5.74, 6) is -0.0912. The van der Waals surface area contributed by atoms with E-state index in [9.17, 15) is 9.59 Å². The topological polar surface area (TPSA) is 34.1 Å². The van der Waals surface area contributed by atoms with E-state index in [1.54, 1.807) is 0 Å². The second kappa shape index (κ2) is 3.39. The molecule has 1 atom stereocenters.